The summed E-state index contributed by atoms with van der Waals surface area (Å²) >= 11 is 0. The zero-order valence-corrected chi connectivity index (χ0v) is 12.7. The van der Waals surface area contributed by atoms with Gasteiger partial charge in [-0.1, -0.05) is 19.1 Å². The summed E-state index contributed by atoms with van der Waals surface area (Å²) in [5, 5.41) is 3.07. The highest BCUT2D eigenvalue weighted by Crippen LogP contribution is 2.20. The standard InChI is InChI=1S/C16H26N2O2/c1-4-15(13-8-10-14(20-3)11-9-13)18-16(19)7-5-6-12(2)17/h8-12,15H,4-7,17H2,1-3H3,(H,18,19). The van der Waals surface area contributed by atoms with Crippen molar-refractivity contribution < 1.29 is 9.53 Å². The summed E-state index contributed by atoms with van der Waals surface area (Å²) in [4.78, 5) is 11.9. The molecule has 0 spiro atoms. The Kier molecular flexibility index (Phi) is 7.09. The Balaban J connectivity index is 2.50. The second-order valence-electron chi connectivity index (χ2n) is 5.17. The molecule has 0 aromatic heterocycles. The van der Waals surface area contributed by atoms with Gasteiger partial charge in [-0.15, -0.1) is 0 Å². The summed E-state index contributed by atoms with van der Waals surface area (Å²) in [6.07, 6.45) is 3.12. The fourth-order valence-corrected chi connectivity index (χ4v) is 2.11. The summed E-state index contributed by atoms with van der Waals surface area (Å²) in [6.45, 7) is 4.03. The molecule has 0 bridgehead atoms. The minimum Gasteiger partial charge on any atom is -0.497 e. The quantitative estimate of drug-likeness (QED) is 0.768. The molecule has 1 amide bonds. The Hall–Kier alpha value is -1.55. The summed E-state index contributed by atoms with van der Waals surface area (Å²) in [6, 6.07) is 8.04. The van der Waals surface area contributed by atoms with Crippen molar-refractivity contribution in [3.8, 4) is 5.75 Å². The molecule has 2 atom stereocenters. The lowest BCUT2D eigenvalue weighted by molar-refractivity contribution is -0.122. The molecule has 112 valence electrons. The molecule has 0 aliphatic carbocycles. The summed E-state index contributed by atoms with van der Waals surface area (Å²) < 4.78 is 5.14. The van der Waals surface area contributed by atoms with E-state index < -0.39 is 0 Å². The Morgan fingerprint density at radius 2 is 2.00 bits per heavy atom. The van der Waals surface area contributed by atoms with Crippen LogP contribution in [0.15, 0.2) is 24.3 Å². The third kappa shape index (κ3) is 5.61. The third-order valence-electron chi connectivity index (χ3n) is 3.32. The smallest absolute Gasteiger partial charge is 0.220 e. The van der Waals surface area contributed by atoms with Crippen molar-refractivity contribution in [2.45, 2.75) is 51.6 Å². The second-order valence-corrected chi connectivity index (χ2v) is 5.17. The maximum absolute atomic E-state index is 11.9. The molecule has 0 heterocycles. The van der Waals surface area contributed by atoms with Crippen molar-refractivity contribution in [1.82, 2.24) is 5.32 Å². The number of rotatable bonds is 8. The van der Waals surface area contributed by atoms with Gasteiger partial charge in [-0.25, -0.2) is 0 Å². The van der Waals surface area contributed by atoms with Crippen molar-refractivity contribution in [1.29, 1.82) is 0 Å². The second kappa shape index (κ2) is 8.59. The number of carbonyl (C=O) groups is 1. The Labute approximate surface area is 121 Å². The molecule has 0 radical (unpaired) electrons. The topological polar surface area (TPSA) is 64.4 Å². The van der Waals surface area contributed by atoms with E-state index in [1.54, 1.807) is 7.11 Å². The largest absolute Gasteiger partial charge is 0.497 e. The van der Waals surface area contributed by atoms with Crippen molar-refractivity contribution in [3.05, 3.63) is 29.8 Å². The van der Waals surface area contributed by atoms with Gasteiger partial charge >= 0.3 is 0 Å². The van der Waals surface area contributed by atoms with Crippen LogP contribution in [0.5, 0.6) is 5.75 Å². The first-order valence-corrected chi connectivity index (χ1v) is 7.25. The molecular weight excluding hydrogens is 252 g/mol. The molecule has 4 nitrogen and oxygen atoms in total. The molecular formula is C16H26N2O2. The third-order valence-corrected chi connectivity index (χ3v) is 3.32. The Morgan fingerprint density at radius 3 is 2.50 bits per heavy atom. The minimum atomic E-state index is 0.0590. The molecule has 1 aromatic rings. The SMILES string of the molecule is CCC(NC(=O)CCCC(C)N)c1ccc(OC)cc1. The number of hydrogen-bond donors (Lipinski definition) is 2. The number of hydrogen-bond acceptors (Lipinski definition) is 3. The average molecular weight is 278 g/mol. The zero-order valence-electron chi connectivity index (χ0n) is 12.7. The van der Waals surface area contributed by atoms with Gasteiger partial charge in [0.2, 0.25) is 5.91 Å². The fourth-order valence-electron chi connectivity index (χ4n) is 2.11. The van der Waals surface area contributed by atoms with Crippen LogP contribution >= 0.6 is 0 Å². The molecule has 0 saturated heterocycles. The average Bonchev–Trinajstić information content (AvgIpc) is 2.44. The Bertz CT molecular complexity index is 401. The number of nitrogens with one attached hydrogen (secondary N) is 1. The number of nitrogens with two attached hydrogens (primary N) is 1. The summed E-state index contributed by atoms with van der Waals surface area (Å²) in [5.74, 6) is 0.917. The summed E-state index contributed by atoms with van der Waals surface area (Å²) in [7, 11) is 1.65. The van der Waals surface area contributed by atoms with Crippen LogP contribution in [0.4, 0.5) is 0 Å². The molecule has 1 rings (SSSR count). The van der Waals surface area contributed by atoms with E-state index >= 15 is 0 Å². The first-order chi connectivity index (χ1) is 9.56. The molecule has 0 saturated carbocycles. The van der Waals surface area contributed by atoms with Gasteiger partial charge in [0.15, 0.2) is 0 Å². The molecule has 2 unspecified atom stereocenters. The minimum absolute atomic E-state index is 0.0590. The monoisotopic (exact) mass is 278 g/mol. The molecule has 0 fully saturated rings. The lowest BCUT2D eigenvalue weighted by Crippen LogP contribution is -2.28. The van der Waals surface area contributed by atoms with Crippen LogP contribution < -0.4 is 15.8 Å². The van der Waals surface area contributed by atoms with Gasteiger partial charge in [0, 0.05) is 12.5 Å². The lowest BCUT2D eigenvalue weighted by Gasteiger charge is -2.18. The molecule has 3 N–H and O–H groups in total. The van der Waals surface area contributed by atoms with Crippen molar-refractivity contribution in [2.75, 3.05) is 7.11 Å². The normalized spacial score (nSPS) is 13.6. The van der Waals surface area contributed by atoms with Gasteiger partial charge in [-0.3, -0.25) is 4.79 Å². The molecule has 4 heteroatoms. The highest BCUT2D eigenvalue weighted by Gasteiger charge is 2.12. The van der Waals surface area contributed by atoms with E-state index in [0.717, 1.165) is 30.6 Å². The number of benzene rings is 1. The van der Waals surface area contributed by atoms with E-state index in [2.05, 4.69) is 12.2 Å². The van der Waals surface area contributed by atoms with E-state index in [1.165, 1.54) is 0 Å². The number of carbonyl (C=O) groups excluding carboxylic acids is 1. The van der Waals surface area contributed by atoms with Gasteiger partial charge in [-0.2, -0.15) is 0 Å². The van der Waals surface area contributed by atoms with E-state index in [0.29, 0.717) is 6.42 Å². The highest BCUT2D eigenvalue weighted by molar-refractivity contribution is 5.76. The predicted molar refractivity (Wildman–Crippen MR) is 81.7 cm³/mol. The number of amides is 1. The predicted octanol–water partition coefficient (Wildman–Crippen LogP) is 2.78. The van der Waals surface area contributed by atoms with Crippen molar-refractivity contribution >= 4 is 5.91 Å². The fraction of sp³-hybridized carbons (Fsp3) is 0.562. The van der Waals surface area contributed by atoms with E-state index in [4.69, 9.17) is 10.5 Å². The highest BCUT2D eigenvalue weighted by atomic mass is 16.5. The first kappa shape index (κ1) is 16.5. The lowest BCUT2D eigenvalue weighted by atomic mass is 10.0. The van der Waals surface area contributed by atoms with Gasteiger partial charge in [0.05, 0.1) is 13.2 Å². The number of methoxy groups -OCH3 is 1. The van der Waals surface area contributed by atoms with Crippen LogP contribution in [0.25, 0.3) is 0 Å². The Morgan fingerprint density at radius 1 is 1.35 bits per heavy atom. The van der Waals surface area contributed by atoms with Crippen LogP contribution in [-0.4, -0.2) is 19.1 Å². The van der Waals surface area contributed by atoms with Gasteiger partial charge < -0.3 is 15.8 Å². The molecule has 1 aromatic carbocycles. The van der Waals surface area contributed by atoms with E-state index in [-0.39, 0.29) is 18.0 Å². The van der Waals surface area contributed by atoms with Crippen LogP contribution in [0, 0.1) is 0 Å². The molecule has 0 aliphatic rings. The summed E-state index contributed by atoms with van der Waals surface area (Å²) in [5.41, 5.74) is 6.79. The van der Waals surface area contributed by atoms with Gasteiger partial charge in [0.25, 0.3) is 0 Å². The van der Waals surface area contributed by atoms with Crippen LogP contribution in [0.1, 0.15) is 51.1 Å². The van der Waals surface area contributed by atoms with Gasteiger partial charge in [-0.05, 0) is 43.9 Å². The van der Waals surface area contributed by atoms with Crippen LogP contribution in [0.3, 0.4) is 0 Å². The van der Waals surface area contributed by atoms with Crippen LogP contribution in [0.2, 0.25) is 0 Å². The van der Waals surface area contributed by atoms with Crippen LogP contribution in [-0.2, 0) is 4.79 Å². The maximum Gasteiger partial charge on any atom is 0.220 e. The molecule has 20 heavy (non-hydrogen) atoms. The van der Waals surface area contributed by atoms with Gasteiger partial charge in [0.1, 0.15) is 5.75 Å². The van der Waals surface area contributed by atoms with Crippen molar-refractivity contribution in [2.24, 2.45) is 5.73 Å². The van der Waals surface area contributed by atoms with E-state index in [1.807, 2.05) is 31.2 Å². The zero-order chi connectivity index (χ0) is 15.0. The first-order valence-electron chi connectivity index (χ1n) is 7.25. The van der Waals surface area contributed by atoms with E-state index in [9.17, 15) is 4.79 Å². The van der Waals surface area contributed by atoms with Crippen molar-refractivity contribution in [3.63, 3.8) is 0 Å². The molecule has 0 aliphatic heterocycles. The number of ether oxygens (including phenoxy) is 1. The maximum atomic E-state index is 11.9.